The van der Waals surface area contributed by atoms with Crippen LogP contribution in [-0.2, 0) is 11.2 Å². The molecule has 2 heterocycles. The Morgan fingerprint density at radius 1 is 1.04 bits per heavy atom. The average molecular weight is 357 g/mol. The molecule has 140 valence electrons. The molecule has 1 unspecified atom stereocenters. The number of nitrogens with zero attached hydrogens (tertiary/aromatic N) is 2. The Morgan fingerprint density at radius 2 is 1.73 bits per heavy atom. The molecule has 2 aliphatic heterocycles. The van der Waals surface area contributed by atoms with Gasteiger partial charge in [-0.2, -0.15) is 0 Å². The second-order valence-electron chi connectivity index (χ2n) is 7.53. The van der Waals surface area contributed by atoms with Gasteiger partial charge in [0, 0.05) is 38.5 Å². The number of hydrogen-bond acceptors (Lipinski definition) is 3. The van der Waals surface area contributed by atoms with E-state index in [4.69, 9.17) is 4.74 Å². The molecule has 1 atom stereocenters. The van der Waals surface area contributed by atoms with Gasteiger partial charge in [0.25, 0.3) is 0 Å². The Labute approximate surface area is 154 Å². The minimum atomic E-state index is -0.0579. The van der Waals surface area contributed by atoms with Crippen molar-refractivity contribution in [3.63, 3.8) is 0 Å². The molecular weight excluding hydrogens is 330 g/mol. The summed E-state index contributed by atoms with van der Waals surface area (Å²) in [6.45, 7) is 3.02. The fourth-order valence-electron chi connectivity index (χ4n) is 4.24. The normalized spacial score (nSPS) is 22.8. The van der Waals surface area contributed by atoms with Crippen molar-refractivity contribution in [1.29, 1.82) is 0 Å². The van der Waals surface area contributed by atoms with Crippen LogP contribution >= 0.6 is 0 Å². The minimum Gasteiger partial charge on any atom is -0.488 e. The Hall–Kier alpha value is -2.24. The molecule has 0 radical (unpaired) electrons. The van der Waals surface area contributed by atoms with Gasteiger partial charge in [-0.25, -0.2) is 4.79 Å². The largest absolute Gasteiger partial charge is 0.488 e. The average Bonchev–Trinajstić information content (AvgIpc) is 3.35. The summed E-state index contributed by atoms with van der Waals surface area (Å²) in [4.78, 5) is 28.6. The van der Waals surface area contributed by atoms with E-state index >= 15 is 0 Å². The molecule has 1 saturated heterocycles. The maximum Gasteiger partial charge on any atom is 0.317 e. The third-order valence-electron chi connectivity index (χ3n) is 5.78. The number of rotatable bonds is 3. The van der Waals surface area contributed by atoms with Gasteiger partial charge >= 0.3 is 6.03 Å². The predicted molar refractivity (Wildman–Crippen MR) is 98.1 cm³/mol. The van der Waals surface area contributed by atoms with E-state index < -0.39 is 0 Å². The first-order valence-electron chi connectivity index (χ1n) is 9.77. The number of nitrogens with one attached hydrogen (secondary N) is 1. The number of piperazine rings is 1. The monoisotopic (exact) mass is 357 g/mol. The second-order valence-corrected chi connectivity index (χ2v) is 7.53. The molecule has 3 amide bonds. The highest BCUT2D eigenvalue weighted by Gasteiger charge is 2.31. The van der Waals surface area contributed by atoms with E-state index in [1.807, 2.05) is 23.1 Å². The number of hydrogen-bond donors (Lipinski definition) is 1. The van der Waals surface area contributed by atoms with Crippen LogP contribution in [0.25, 0.3) is 0 Å². The SMILES string of the molecule is O=C(NCC1Cc2ccccc2O1)N1CCN(C(=O)C2CCCC2)CC1. The van der Waals surface area contributed by atoms with Gasteiger partial charge in [-0.1, -0.05) is 31.0 Å². The Kier molecular flexibility index (Phi) is 5.00. The molecule has 6 nitrogen and oxygen atoms in total. The first kappa shape index (κ1) is 17.2. The number of fused-ring (bicyclic) bond motifs is 1. The summed E-state index contributed by atoms with van der Waals surface area (Å²) in [6.07, 6.45) is 5.24. The van der Waals surface area contributed by atoms with E-state index in [0.717, 1.165) is 25.0 Å². The number of carbonyl (C=O) groups excluding carboxylic acids is 2. The van der Waals surface area contributed by atoms with Crippen molar-refractivity contribution < 1.29 is 14.3 Å². The molecule has 1 aromatic carbocycles. The number of amides is 3. The highest BCUT2D eigenvalue weighted by atomic mass is 16.5. The van der Waals surface area contributed by atoms with Crippen LogP contribution in [0.5, 0.6) is 5.75 Å². The lowest BCUT2D eigenvalue weighted by Crippen LogP contribution is -2.54. The van der Waals surface area contributed by atoms with Crippen molar-refractivity contribution >= 4 is 11.9 Å². The molecule has 26 heavy (non-hydrogen) atoms. The lowest BCUT2D eigenvalue weighted by atomic mass is 10.1. The molecule has 6 heteroatoms. The van der Waals surface area contributed by atoms with E-state index in [1.165, 1.54) is 18.4 Å². The van der Waals surface area contributed by atoms with Crippen LogP contribution in [-0.4, -0.2) is 60.6 Å². The van der Waals surface area contributed by atoms with E-state index in [9.17, 15) is 9.59 Å². The molecular formula is C20H27N3O3. The first-order chi connectivity index (χ1) is 12.7. The Morgan fingerprint density at radius 3 is 2.46 bits per heavy atom. The maximum absolute atomic E-state index is 12.5. The highest BCUT2D eigenvalue weighted by Crippen LogP contribution is 2.28. The zero-order valence-electron chi connectivity index (χ0n) is 15.2. The number of urea groups is 1. The minimum absolute atomic E-state index is 0.00147. The third-order valence-corrected chi connectivity index (χ3v) is 5.78. The van der Waals surface area contributed by atoms with Crippen LogP contribution in [0.2, 0.25) is 0 Å². The molecule has 0 spiro atoms. The maximum atomic E-state index is 12.5. The van der Waals surface area contributed by atoms with E-state index in [0.29, 0.717) is 38.6 Å². The quantitative estimate of drug-likeness (QED) is 0.900. The molecule has 1 aliphatic carbocycles. The van der Waals surface area contributed by atoms with E-state index in [1.54, 1.807) is 4.90 Å². The van der Waals surface area contributed by atoms with E-state index in [-0.39, 0.29) is 18.1 Å². The van der Waals surface area contributed by atoms with Gasteiger partial charge in [0.15, 0.2) is 0 Å². The fourth-order valence-corrected chi connectivity index (χ4v) is 4.24. The molecule has 1 saturated carbocycles. The van der Waals surface area contributed by atoms with Gasteiger partial charge in [0.2, 0.25) is 5.91 Å². The molecule has 4 rings (SSSR count). The number of para-hydroxylation sites is 1. The summed E-state index contributed by atoms with van der Waals surface area (Å²) in [5.74, 6) is 1.43. The number of benzene rings is 1. The van der Waals surface area contributed by atoms with Gasteiger partial charge in [0.05, 0.1) is 6.54 Å². The van der Waals surface area contributed by atoms with Gasteiger partial charge in [-0.05, 0) is 24.5 Å². The van der Waals surface area contributed by atoms with Crippen LogP contribution in [0, 0.1) is 5.92 Å². The molecule has 2 fully saturated rings. The summed E-state index contributed by atoms with van der Waals surface area (Å²) in [7, 11) is 0. The molecule has 3 aliphatic rings. The lowest BCUT2D eigenvalue weighted by Gasteiger charge is -2.36. The van der Waals surface area contributed by atoms with Gasteiger partial charge in [0.1, 0.15) is 11.9 Å². The van der Waals surface area contributed by atoms with Crippen molar-refractivity contribution in [2.45, 2.75) is 38.2 Å². The molecule has 1 N–H and O–H groups in total. The van der Waals surface area contributed by atoms with Crippen LogP contribution in [0.3, 0.4) is 0 Å². The van der Waals surface area contributed by atoms with Gasteiger partial charge in [-0.3, -0.25) is 4.79 Å². The zero-order chi connectivity index (χ0) is 17.9. The summed E-state index contributed by atoms with van der Waals surface area (Å²) in [5, 5.41) is 2.99. The van der Waals surface area contributed by atoms with Crippen LogP contribution in [0.1, 0.15) is 31.2 Å². The lowest BCUT2D eigenvalue weighted by molar-refractivity contribution is -0.136. The summed E-state index contributed by atoms with van der Waals surface area (Å²) in [6, 6.07) is 7.95. The molecule has 0 bridgehead atoms. The van der Waals surface area contributed by atoms with Crippen LogP contribution in [0.4, 0.5) is 4.79 Å². The van der Waals surface area contributed by atoms with Crippen molar-refractivity contribution in [3.8, 4) is 5.75 Å². The highest BCUT2D eigenvalue weighted by molar-refractivity contribution is 5.80. The van der Waals surface area contributed by atoms with E-state index in [2.05, 4.69) is 11.4 Å². The fraction of sp³-hybridized carbons (Fsp3) is 0.600. The molecule has 1 aromatic rings. The Bertz CT molecular complexity index is 639. The van der Waals surface area contributed by atoms with Crippen LogP contribution in [0.15, 0.2) is 24.3 Å². The van der Waals surface area contributed by atoms with Gasteiger partial charge < -0.3 is 19.9 Å². The van der Waals surface area contributed by atoms with Crippen molar-refractivity contribution in [1.82, 2.24) is 15.1 Å². The smallest absolute Gasteiger partial charge is 0.317 e. The van der Waals surface area contributed by atoms with Crippen LogP contribution < -0.4 is 10.1 Å². The van der Waals surface area contributed by atoms with Crippen molar-refractivity contribution in [2.75, 3.05) is 32.7 Å². The first-order valence-corrected chi connectivity index (χ1v) is 9.77. The number of ether oxygens (including phenoxy) is 1. The van der Waals surface area contributed by atoms with Crippen molar-refractivity contribution in [3.05, 3.63) is 29.8 Å². The zero-order valence-corrected chi connectivity index (χ0v) is 15.2. The summed E-state index contributed by atoms with van der Waals surface area (Å²) < 4.78 is 5.86. The Balaban J connectivity index is 1.20. The standard InChI is InChI=1S/C20H27N3O3/c24-19(15-5-1-2-6-15)22-9-11-23(12-10-22)20(25)21-14-17-13-16-7-3-4-8-18(16)26-17/h3-4,7-8,15,17H,1-2,5-6,9-14H2,(H,21,25). The topological polar surface area (TPSA) is 61.9 Å². The number of carbonyl (C=O) groups is 2. The summed E-state index contributed by atoms with van der Waals surface area (Å²) in [5.41, 5.74) is 1.20. The molecule has 0 aromatic heterocycles. The van der Waals surface area contributed by atoms with Gasteiger partial charge in [-0.15, -0.1) is 0 Å². The second kappa shape index (κ2) is 7.56. The summed E-state index contributed by atoms with van der Waals surface area (Å²) >= 11 is 0. The third kappa shape index (κ3) is 3.64. The predicted octanol–water partition coefficient (Wildman–Crippen LogP) is 2.03. The van der Waals surface area contributed by atoms with Crippen molar-refractivity contribution in [2.24, 2.45) is 5.92 Å².